The fourth-order valence-electron chi connectivity index (χ4n) is 2.26. The minimum absolute atomic E-state index is 0.00370. The van der Waals surface area contributed by atoms with Gasteiger partial charge in [0.2, 0.25) is 5.91 Å². The SMILES string of the molecule is CC.CC.CC(=O)[C@H](CC(C)C)NC(=O)CC(C)CC(C)C. The van der Waals surface area contributed by atoms with Gasteiger partial charge in [0.05, 0.1) is 6.04 Å². The van der Waals surface area contributed by atoms with Crippen LogP contribution in [0.3, 0.4) is 0 Å². The number of Topliss-reactive ketones (excluding diaryl/α,β-unsaturated/α-hetero) is 1. The van der Waals surface area contributed by atoms with Crippen LogP contribution < -0.4 is 5.32 Å². The van der Waals surface area contributed by atoms with Gasteiger partial charge < -0.3 is 5.32 Å². The molecule has 134 valence electrons. The molecule has 22 heavy (non-hydrogen) atoms. The monoisotopic (exact) mass is 315 g/mol. The molecule has 0 heterocycles. The Hall–Kier alpha value is -0.860. The van der Waals surface area contributed by atoms with Gasteiger partial charge in [-0.25, -0.2) is 0 Å². The van der Waals surface area contributed by atoms with E-state index in [9.17, 15) is 9.59 Å². The molecule has 1 amide bonds. The first-order valence-corrected chi connectivity index (χ1v) is 9.02. The Morgan fingerprint density at radius 1 is 0.818 bits per heavy atom. The maximum atomic E-state index is 11.9. The lowest BCUT2D eigenvalue weighted by atomic mass is 9.95. The molecule has 0 aliphatic heterocycles. The minimum Gasteiger partial charge on any atom is -0.346 e. The molecule has 3 heteroatoms. The van der Waals surface area contributed by atoms with Gasteiger partial charge in [0.25, 0.3) is 0 Å². The fraction of sp³-hybridized carbons (Fsp3) is 0.895. The highest BCUT2D eigenvalue weighted by Crippen LogP contribution is 2.15. The van der Waals surface area contributed by atoms with Gasteiger partial charge in [-0.15, -0.1) is 0 Å². The summed E-state index contributed by atoms with van der Waals surface area (Å²) in [7, 11) is 0. The number of carbonyl (C=O) groups excluding carboxylic acids is 2. The third-order valence-electron chi connectivity index (χ3n) is 2.94. The molecule has 1 N–H and O–H groups in total. The van der Waals surface area contributed by atoms with Crippen LogP contribution in [0.2, 0.25) is 0 Å². The van der Waals surface area contributed by atoms with Gasteiger partial charge in [-0.3, -0.25) is 9.59 Å². The van der Waals surface area contributed by atoms with Crippen LogP contribution in [0.5, 0.6) is 0 Å². The van der Waals surface area contributed by atoms with Crippen molar-refractivity contribution >= 4 is 11.7 Å². The quantitative estimate of drug-likeness (QED) is 0.666. The van der Waals surface area contributed by atoms with Crippen LogP contribution in [-0.4, -0.2) is 17.7 Å². The standard InChI is InChI=1S/C15H29NO2.2C2H6/c1-10(2)7-12(5)9-15(18)16-14(13(6)17)8-11(3)4;2*1-2/h10-12,14H,7-9H2,1-6H3,(H,16,18);2*1-2H3/t12?,14-;;/m0../s1. The lowest BCUT2D eigenvalue weighted by molar-refractivity contribution is -0.127. The lowest BCUT2D eigenvalue weighted by Crippen LogP contribution is -2.41. The molecule has 0 bridgehead atoms. The van der Waals surface area contributed by atoms with E-state index in [2.05, 4.69) is 39.9 Å². The summed E-state index contributed by atoms with van der Waals surface area (Å²) in [6.07, 6.45) is 2.28. The summed E-state index contributed by atoms with van der Waals surface area (Å²) < 4.78 is 0. The van der Waals surface area contributed by atoms with Crippen LogP contribution in [-0.2, 0) is 9.59 Å². The zero-order valence-electron chi connectivity index (χ0n) is 16.7. The second-order valence-electron chi connectivity index (χ2n) is 6.30. The zero-order valence-corrected chi connectivity index (χ0v) is 16.7. The van der Waals surface area contributed by atoms with E-state index >= 15 is 0 Å². The van der Waals surface area contributed by atoms with E-state index in [4.69, 9.17) is 0 Å². The van der Waals surface area contributed by atoms with E-state index in [1.165, 1.54) is 0 Å². The van der Waals surface area contributed by atoms with Gasteiger partial charge in [0.1, 0.15) is 0 Å². The number of nitrogens with one attached hydrogen (secondary N) is 1. The molecule has 0 radical (unpaired) electrons. The summed E-state index contributed by atoms with van der Waals surface area (Å²) in [5.74, 6) is 1.44. The molecule has 0 aromatic carbocycles. The average molecular weight is 316 g/mol. The highest BCUT2D eigenvalue weighted by Gasteiger charge is 2.19. The van der Waals surface area contributed by atoms with Gasteiger partial charge in [-0.1, -0.05) is 62.3 Å². The van der Waals surface area contributed by atoms with Crippen molar-refractivity contribution in [2.75, 3.05) is 0 Å². The average Bonchev–Trinajstić information content (AvgIpc) is 2.40. The van der Waals surface area contributed by atoms with Gasteiger partial charge >= 0.3 is 0 Å². The highest BCUT2D eigenvalue weighted by molar-refractivity contribution is 5.87. The van der Waals surface area contributed by atoms with Crippen LogP contribution in [0.4, 0.5) is 0 Å². The smallest absolute Gasteiger partial charge is 0.220 e. The third kappa shape index (κ3) is 17.2. The first-order valence-electron chi connectivity index (χ1n) is 9.02. The van der Waals surface area contributed by atoms with Gasteiger partial charge in [-0.05, 0) is 37.5 Å². The molecule has 0 spiro atoms. The van der Waals surface area contributed by atoms with Crippen molar-refractivity contribution in [2.24, 2.45) is 17.8 Å². The van der Waals surface area contributed by atoms with Crippen molar-refractivity contribution in [2.45, 2.75) is 94.5 Å². The number of rotatable bonds is 8. The normalized spacial score (nSPS) is 12.5. The van der Waals surface area contributed by atoms with E-state index in [0.717, 1.165) is 12.8 Å². The van der Waals surface area contributed by atoms with Crippen molar-refractivity contribution in [3.8, 4) is 0 Å². The Bertz CT molecular complexity index is 273. The minimum atomic E-state index is -0.316. The van der Waals surface area contributed by atoms with Gasteiger partial charge in [-0.2, -0.15) is 0 Å². The van der Waals surface area contributed by atoms with Crippen LogP contribution >= 0.6 is 0 Å². The Morgan fingerprint density at radius 2 is 1.23 bits per heavy atom. The van der Waals surface area contributed by atoms with E-state index in [-0.39, 0.29) is 17.7 Å². The van der Waals surface area contributed by atoms with Crippen molar-refractivity contribution < 1.29 is 9.59 Å². The molecule has 3 nitrogen and oxygen atoms in total. The van der Waals surface area contributed by atoms with Gasteiger partial charge in [0.15, 0.2) is 5.78 Å². The largest absolute Gasteiger partial charge is 0.346 e. The maximum absolute atomic E-state index is 11.9. The van der Waals surface area contributed by atoms with Crippen molar-refractivity contribution in [1.29, 1.82) is 0 Å². The van der Waals surface area contributed by atoms with Crippen molar-refractivity contribution in [1.82, 2.24) is 5.32 Å². The van der Waals surface area contributed by atoms with E-state index in [1.54, 1.807) is 6.92 Å². The molecule has 0 saturated carbocycles. The Balaban J connectivity index is -0.000000826. The molecule has 0 fully saturated rings. The Labute approximate surface area is 139 Å². The topological polar surface area (TPSA) is 46.2 Å². The molecule has 0 saturated heterocycles. The van der Waals surface area contributed by atoms with Crippen LogP contribution in [0.1, 0.15) is 88.5 Å². The first kappa shape index (κ1) is 26.1. The second-order valence-corrected chi connectivity index (χ2v) is 6.30. The highest BCUT2D eigenvalue weighted by atomic mass is 16.2. The van der Waals surface area contributed by atoms with E-state index in [0.29, 0.717) is 24.2 Å². The molecule has 2 atom stereocenters. The van der Waals surface area contributed by atoms with Crippen molar-refractivity contribution in [3.63, 3.8) is 0 Å². The molecular weight excluding hydrogens is 274 g/mol. The van der Waals surface area contributed by atoms with Gasteiger partial charge in [0, 0.05) is 6.42 Å². The summed E-state index contributed by atoms with van der Waals surface area (Å²) in [5, 5.41) is 2.86. The number of amides is 1. The number of ketones is 1. The summed E-state index contributed by atoms with van der Waals surface area (Å²) in [6, 6.07) is -0.316. The predicted octanol–water partition coefficient (Wildman–Crippen LogP) is 5.23. The predicted molar refractivity (Wildman–Crippen MR) is 98.0 cm³/mol. The molecular formula is C19H41NO2. The van der Waals surface area contributed by atoms with Crippen LogP contribution in [0, 0.1) is 17.8 Å². The number of hydrogen-bond donors (Lipinski definition) is 1. The summed E-state index contributed by atoms with van der Waals surface area (Å²) >= 11 is 0. The second kappa shape index (κ2) is 16.5. The molecule has 0 aromatic heterocycles. The Kier molecular flexibility index (Phi) is 19.6. The molecule has 0 rings (SSSR count). The van der Waals surface area contributed by atoms with E-state index < -0.39 is 0 Å². The van der Waals surface area contributed by atoms with E-state index in [1.807, 2.05) is 27.7 Å². The Morgan fingerprint density at radius 3 is 1.55 bits per heavy atom. The lowest BCUT2D eigenvalue weighted by Gasteiger charge is -2.19. The van der Waals surface area contributed by atoms with Crippen LogP contribution in [0.15, 0.2) is 0 Å². The van der Waals surface area contributed by atoms with Crippen LogP contribution in [0.25, 0.3) is 0 Å². The zero-order chi connectivity index (χ0) is 18.3. The molecule has 0 aliphatic carbocycles. The third-order valence-corrected chi connectivity index (χ3v) is 2.94. The summed E-state index contributed by atoms with van der Waals surface area (Å²) in [6.45, 7) is 20.1. The first-order chi connectivity index (χ1) is 10.2. The fourth-order valence-corrected chi connectivity index (χ4v) is 2.26. The molecule has 1 unspecified atom stereocenters. The summed E-state index contributed by atoms with van der Waals surface area (Å²) in [5.41, 5.74) is 0. The number of hydrogen-bond acceptors (Lipinski definition) is 2. The molecule has 0 aromatic rings. The molecule has 0 aliphatic rings. The summed E-state index contributed by atoms with van der Waals surface area (Å²) in [4.78, 5) is 23.3. The van der Waals surface area contributed by atoms with Crippen molar-refractivity contribution in [3.05, 3.63) is 0 Å². The maximum Gasteiger partial charge on any atom is 0.220 e. The number of carbonyl (C=O) groups is 2.